The van der Waals surface area contributed by atoms with E-state index in [-0.39, 0.29) is 12.0 Å². The van der Waals surface area contributed by atoms with E-state index in [2.05, 4.69) is 20.3 Å². The number of hydrogen-bond donors (Lipinski definition) is 1. The minimum atomic E-state index is -0.155. The quantitative estimate of drug-likeness (QED) is 0.433. The number of para-hydroxylation sites is 2. The van der Waals surface area contributed by atoms with Crippen LogP contribution in [0.5, 0.6) is 11.5 Å². The fourth-order valence-corrected chi connectivity index (χ4v) is 5.03. The molecule has 9 heteroatoms. The highest BCUT2D eigenvalue weighted by Crippen LogP contribution is 2.34. The van der Waals surface area contributed by atoms with Crippen molar-refractivity contribution in [3.8, 4) is 11.5 Å². The maximum Gasteiger partial charge on any atom is 0.264 e. The zero-order chi connectivity index (χ0) is 23.5. The molecular weight excluding hydrogens is 450 g/mol. The number of amides is 1. The summed E-state index contributed by atoms with van der Waals surface area (Å²) in [7, 11) is 1.82. The molecule has 3 aromatic heterocycles. The summed E-state index contributed by atoms with van der Waals surface area (Å²) in [6, 6.07) is 13.5. The smallest absolute Gasteiger partial charge is 0.264 e. The Balaban J connectivity index is 1.29. The van der Waals surface area contributed by atoms with Crippen LogP contribution in [0.2, 0.25) is 0 Å². The molecular formula is C25H25N5O3S. The fourth-order valence-electron chi connectivity index (χ4n) is 3.89. The Kier molecular flexibility index (Phi) is 6.27. The van der Waals surface area contributed by atoms with E-state index in [4.69, 9.17) is 9.47 Å². The second kappa shape index (κ2) is 9.64. The lowest BCUT2D eigenvalue weighted by Gasteiger charge is -2.26. The minimum absolute atomic E-state index is 0.0250. The second-order valence-electron chi connectivity index (χ2n) is 8.13. The number of aryl methyl sites for hydroxylation is 1. The van der Waals surface area contributed by atoms with Gasteiger partial charge in [-0.2, -0.15) is 0 Å². The van der Waals surface area contributed by atoms with Gasteiger partial charge in [-0.05, 0) is 36.8 Å². The zero-order valence-corrected chi connectivity index (χ0v) is 19.8. The molecule has 0 radical (unpaired) electrons. The molecule has 1 aliphatic rings. The van der Waals surface area contributed by atoms with Crippen LogP contribution in [0.25, 0.3) is 10.2 Å². The first-order chi connectivity index (χ1) is 16.6. The number of thiophene rings is 1. The molecule has 5 rings (SSSR count). The Hall–Kier alpha value is -3.72. The van der Waals surface area contributed by atoms with Crippen LogP contribution in [0.3, 0.4) is 0 Å². The fraction of sp³-hybridized carbons (Fsp3) is 0.280. The standard InChI is InChI=1S/C25H25N5O3S/c1-16-21-23(27-13-18-14-32-19-8-3-4-9-20(19)33-18)28-15-29-24(21)34-22(16)25(31)30(2)12-10-17-7-5-6-11-26-17/h3-9,11,15,18H,10,12-14H2,1-2H3,(H,27,28,29). The van der Waals surface area contributed by atoms with Crippen LogP contribution >= 0.6 is 11.3 Å². The number of carbonyl (C=O) groups is 1. The van der Waals surface area contributed by atoms with Crippen LogP contribution in [0.4, 0.5) is 5.82 Å². The molecule has 1 unspecified atom stereocenters. The Morgan fingerprint density at radius 2 is 1.97 bits per heavy atom. The Morgan fingerprint density at radius 3 is 2.79 bits per heavy atom. The molecule has 0 fully saturated rings. The van der Waals surface area contributed by atoms with Gasteiger partial charge in [-0.25, -0.2) is 9.97 Å². The molecule has 0 bridgehead atoms. The van der Waals surface area contributed by atoms with Crippen molar-refractivity contribution in [1.29, 1.82) is 0 Å². The Morgan fingerprint density at radius 1 is 1.15 bits per heavy atom. The van der Waals surface area contributed by atoms with Crippen LogP contribution in [-0.4, -0.2) is 58.6 Å². The molecule has 34 heavy (non-hydrogen) atoms. The van der Waals surface area contributed by atoms with Gasteiger partial charge in [0.25, 0.3) is 5.91 Å². The number of carbonyl (C=O) groups excluding carboxylic acids is 1. The molecule has 4 heterocycles. The van der Waals surface area contributed by atoms with Crippen molar-refractivity contribution >= 4 is 33.3 Å². The molecule has 1 aliphatic heterocycles. The van der Waals surface area contributed by atoms with Gasteiger partial charge in [0.2, 0.25) is 0 Å². The maximum absolute atomic E-state index is 13.2. The van der Waals surface area contributed by atoms with E-state index < -0.39 is 0 Å². The van der Waals surface area contributed by atoms with E-state index in [1.165, 1.54) is 17.7 Å². The molecule has 174 valence electrons. The minimum Gasteiger partial charge on any atom is -0.486 e. The number of nitrogens with one attached hydrogen (secondary N) is 1. The van der Waals surface area contributed by atoms with Gasteiger partial charge >= 0.3 is 0 Å². The van der Waals surface area contributed by atoms with Crippen molar-refractivity contribution < 1.29 is 14.3 Å². The summed E-state index contributed by atoms with van der Waals surface area (Å²) in [5.74, 6) is 2.16. The number of ether oxygens (including phenoxy) is 2. The summed E-state index contributed by atoms with van der Waals surface area (Å²) in [4.78, 5) is 29.6. The van der Waals surface area contributed by atoms with Gasteiger partial charge in [0.05, 0.1) is 16.8 Å². The molecule has 8 nitrogen and oxygen atoms in total. The van der Waals surface area contributed by atoms with Gasteiger partial charge in [0.15, 0.2) is 11.5 Å². The van der Waals surface area contributed by atoms with Crippen LogP contribution in [-0.2, 0) is 6.42 Å². The number of likely N-dealkylation sites (N-methyl/N-ethyl adjacent to an activating group) is 1. The van der Waals surface area contributed by atoms with Gasteiger partial charge < -0.3 is 19.7 Å². The summed E-state index contributed by atoms with van der Waals surface area (Å²) in [5.41, 5.74) is 1.84. The summed E-state index contributed by atoms with van der Waals surface area (Å²) >= 11 is 1.39. The Bertz CT molecular complexity index is 1310. The normalized spacial score (nSPS) is 14.7. The number of pyridine rings is 1. The lowest BCUT2D eigenvalue weighted by atomic mass is 10.2. The highest BCUT2D eigenvalue weighted by molar-refractivity contribution is 7.20. The average molecular weight is 476 g/mol. The zero-order valence-electron chi connectivity index (χ0n) is 19.0. The van der Waals surface area contributed by atoms with E-state index in [9.17, 15) is 4.79 Å². The molecule has 1 amide bonds. The SMILES string of the molecule is Cc1c(C(=O)N(C)CCc2ccccn2)sc2ncnc(NCC3COc4ccccc4O3)c12. The van der Waals surface area contributed by atoms with E-state index in [1.807, 2.05) is 56.4 Å². The second-order valence-corrected chi connectivity index (χ2v) is 9.13. The number of hydrogen-bond acceptors (Lipinski definition) is 8. The molecule has 1 aromatic carbocycles. The third-order valence-electron chi connectivity index (χ3n) is 5.76. The van der Waals surface area contributed by atoms with Crippen LogP contribution in [0.1, 0.15) is 20.9 Å². The average Bonchev–Trinajstić information content (AvgIpc) is 3.23. The molecule has 0 spiro atoms. The third kappa shape index (κ3) is 4.51. The lowest BCUT2D eigenvalue weighted by Crippen LogP contribution is -2.35. The van der Waals surface area contributed by atoms with Crippen molar-refractivity contribution in [2.24, 2.45) is 0 Å². The maximum atomic E-state index is 13.2. The van der Waals surface area contributed by atoms with Crippen LogP contribution in [0, 0.1) is 6.92 Å². The van der Waals surface area contributed by atoms with Crippen LogP contribution in [0.15, 0.2) is 55.0 Å². The first-order valence-corrected chi connectivity index (χ1v) is 11.9. The molecule has 0 saturated carbocycles. The predicted molar refractivity (Wildman–Crippen MR) is 132 cm³/mol. The highest BCUT2D eigenvalue weighted by atomic mass is 32.1. The number of rotatable bonds is 7. The van der Waals surface area contributed by atoms with E-state index in [1.54, 1.807) is 11.1 Å². The molecule has 4 aromatic rings. The largest absolute Gasteiger partial charge is 0.486 e. The van der Waals surface area contributed by atoms with E-state index >= 15 is 0 Å². The summed E-state index contributed by atoms with van der Waals surface area (Å²) in [5, 5.41) is 4.24. The first kappa shape index (κ1) is 22.1. The van der Waals surface area contributed by atoms with Gasteiger partial charge in [-0.1, -0.05) is 18.2 Å². The van der Waals surface area contributed by atoms with E-state index in [0.29, 0.717) is 36.8 Å². The van der Waals surface area contributed by atoms with Crippen molar-refractivity contribution in [2.75, 3.05) is 32.1 Å². The first-order valence-electron chi connectivity index (χ1n) is 11.1. The number of nitrogens with zero attached hydrogens (tertiary/aromatic N) is 4. The highest BCUT2D eigenvalue weighted by Gasteiger charge is 2.24. The monoisotopic (exact) mass is 475 g/mol. The van der Waals surface area contributed by atoms with Crippen molar-refractivity contribution in [3.05, 3.63) is 71.1 Å². The Labute approximate surface area is 201 Å². The van der Waals surface area contributed by atoms with Crippen molar-refractivity contribution in [2.45, 2.75) is 19.4 Å². The molecule has 0 aliphatic carbocycles. The van der Waals surface area contributed by atoms with Gasteiger partial charge in [0, 0.05) is 31.9 Å². The summed E-state index contributed by atoms with van der Waals surface area (Å²) in [6.07, 6.45) is 3.83. The van der Waals surface area contributed by atoms with E-state index in [0.717, 1.165) is 33.0 Å². The number of aromatic nitrogens is 3. The third-order valence-corrected chi connectivity index (χ3v) is 6.95. The predicted octanol–water partition coefficient (Wildman–Crippen LogP) is 3.96. The summed E-state index contributed by atoms with van der Waals surface area (Å²) < 4.78 is 11.8. The van der Waals surface area contributed by atoms with Gasteiger partial charge in [-0.15, -0.1) is 11.3 Å². The molecule has 1 atom stereocenters. The van der Waals surface area contributed by atoms with Gasteiger partial charge in [-0.3, -0.25) is 9.78 Å². The number of fused-ring (bicyclic) bond motifs is 2. The number of benzene rings is 1. The lowest BCUT2D eigenvalue weighted by molar-refractivity contribution is 0.0800. The molecule has 1 N–H and O–H groups in total. The van der Waals surface area contributed by atoms with Crippen molar-refractivity contribution in [1.82, 2.24) is 19.9 Å². The topological polar surface area (TPSA) is 89.5 Å². The van der Waals surface area contributed by atoms with Crippen LogP contribution < -0.4 is 14.8 Å². The number of anilines is 1. The van der Waals surface area contributed by atoms with Gasteiger partial charge in [0.1, 0.15) is 29.7 Å². The molecule has 0 saturated heterocycles. The summed E-state index contributed by atoms with van der Waals surface area (Å²) in [6.45, 7) is 3.50. The van der Waals surface area contributed by atoms with Crippen molar-refractivity contribution in [3.63, 3.8) is 0 Å².